The van der Waals surface area contributed by atoms with Crippen molar-refractivity contribution >= 4 is 27.5 Å². The van der Waals surface area contributed by atoms with Crippen molar-refractivity contribution in [2.24, 2.45) is 0 Å². The highest BCUT2D eigenvalue weighted by Crippen LogP contribution is 2.28. The van der Waals surface area contributed by atoms with Crippen LogP contribution in [0.1, 0.15) is 18.4 Å². The van der Waals surface area contributed by atoms with Crippen molar-refractivity contribution in [3.8, 4) is 0 Å². The molecule has 0 saturated carbocycles. The topological polar surface area (TPSA) is 29.5 Å². The smallest absolute Gasteiger partial charge is 0.0731 e. The molecule has 1 aromatic rings. The maximum Gasteiger partial charge on any atom is 0.0731 e. The molecule has 16 heavy (non-hydrogen) atoms. The van der Waals surface area contributed by atoms with Crippen molar-refractivity contribution in [1.29, 1.82) is 0 Å². The van der Waals surface area contributed by atoms with E-state index in [1.54, 1.807) is 0 Å². The summed E-state index contributed by atoms with van der Waals surface area (Å²) in [5.74, 6) is 0. The van der Waals surface area contributed by atoms with Gasteiger partial charge < -0.3 is 9.84 Å². The molecule has 0 aliphatic carbocycles. The molecule has 1 aliphatic heterocycles. The Bertz CT molecular complexity index is 375. The van der Waals surface area contributed by atoms with E-state index >= 15 is 0 Å². The fourth-order valence-corrected chi connectivity index (χ4v) is 2.50. The minimum absolute atomic E-state index is 0.620. The molecule has 1 aromatic carbocycles. The summed E-state index contributed by atoms with van der Waals surface area (Å²) in [5, 5.41) is 11.1. The van der Waals surface area contributed by atoms with Gasteiger partial charge in [-0.05, 0) is 46.5 Å². The van der Waals surface area contributed by atoms with E-state index in [0.717, 1.165) is 10.0 Å². The van der Waals surface area contributed by atoms with E-state index in [9.17, 15) is 5.11 Å². The number of rotatable bonds is 2. The lowest BCUT2D eigenvalue weighted by Crippen LogP contribution is -2.38. The molecule has 0 radical (unpaired) electrons. The molecule has 0 atom stereocenters. The molecular formula is C12H14BrClO2. The molecule has 1 aliphatic rings. The number of hydrogen-bond donors (Lipinski definition) is 1. The van der Waals surface area contributed by atoms with Crippen molar-refractivity contribution in [1.82, 2.24) is 0 Å². The third kappa shape index (κ3) is 2.98. The Kier molecular flexibility index (Phi) is 3.90. The Balaban J connectivity index is 2.10. The monoisotopic (exact) mass is 304 g/mol. The zero-order chi connectivity index (χ0) is 11.6. The standard InChI is InChI=1S/C12H14BrClO2/c13-10-7-9(1-2-11(10)14)8-12(15)3-5-16-6-4-12/h1-2,7,15H,3-6,8H2. The van der Waals surface area contributed by atoms with Crippen LogP contribution in [0.2, 0.25) is 5.02 Å². The Hall–Kier alpha value is -0.0900. The van der Waals surface area contributed by atoms with E-state index in [-0.39, 0.29) is 0 Å². The lowest BCUT2D eigenvalue weighted by Gasteiger charge is -2.32. The van der Waals surface area contributed by atoms with Gasteiger partial charge in [-0.15, -0.1) is 0 Å². The average Bonchev–Trinajstić information content (AvgIpc) is 2.24. The van der Waals surface area contributed by atoms with Gasteiger partial charge in [-0.2, -0.15) is 0 Å². The summed E-state index contributed by atoms with van der Waals surface area (Å²) >= 11 is 9.32. The molecule has 1 saturated heterocycles. The molecule has 1 fully saturated rings. The van der Waals surface area contributed by atoms with Gasteiger partial charge in [0.25, 0.3) is 0 Å². The first-order chi connectivity index (χ1) is 7.59. The average molecular weight is 306 g/mol. The SMILES string of the molecule is OC1(Cc2ccc(Cl)c(Br)c2)CCOCC1. The number of benzene rings is 1. The van der Waals surface area contributed by atoms with Crippen LogP contribution < -0.4 is 0 Å². The van der Waals surface area contributed by atoms with Gasteiger partial charge in [0, 0.05) is 24.1 Å². The van der Waals surface area contributed by atoms with Crippen molar-refractivity contribution in [2.45, 2.75) is 24.9 Å². The molecule has 1 heterocycles. The van der Waals surface area contributed by atoms with Crippen LogP contribution in [0.4, 0.5) is 0 Å². The van der Waals surface area contributed by atoms with E-state index in [0.29, 0.717) is 37.5 Å². The lowest BCUT2D eigenvalue weighted by molar-refractivity contribution is -0.0625. The number of halogens is 2. The van der Waals surface area contributed by atoms with Gasteiger partial charge in [0.1, 0.15) is 0 Å². The molecule has 88 valence electrons. The molecule has 0 unspecified atom stereocenters. The first-order valence-electron chi connectivity index (χ1n) is 5.33. The molecule has 0 aromatic heterocycles. The van der Waals surface area contributed by atoms with Crippen molar-refractivity contribution < 1.29 is 9.84 Å². The predicted molar refractivity (Wildman–Crippen MR) is 67.9 cm³/mol. The summed E-state index contributed by atoms with van der Waals surface area (Å²) in [7, 11) is 0. The molecular weight excluding hydrogens is 291 g/mol. The molecule has 0 bridgehead atoms. The van der Waals surface area contributed by atoms with Gasteiger partial charge in [-0.3, -0.25) is 0 Å². The number of hydrogen-bond acceptors (Lipinski definition) is 2. The lowest BCUT2D eigenvalue weighted by atomic mass is 9.87. The van der Waals surface area contributed by atoms with Gasteiger partial charge in [-0.1, -0.05) is 17.7 Å². The summed E-state index contributed by atoms with van der Waals surface area (Å²) in [5.41, 5.74) is 0.478. The highest BCUT2D eigenvalue weighted by atomic mass is 79.9. The van der Waals surface area contributed by atoms with Crippen molar-refractivity contribution in [3.05, 3.63) is 33.3 Å². The Morgan fingerprint density at radius 3 is 2.69 bits per heavy atom. The Morgan fingerprint density at radius 1 is 1.38 bits per heavy atom. The van der Waals surface area contributed by atoms with E-state index in [1.165, 1.54) is 0 Å². The third-order valence-electron chi connectivity index (χ3n) is 2.94. The quantitative estimate of drug-likeness (QED) is 0.909. The zero-order valence-electron chi connectivity index (χ0n) is 8.88. The first-order valence-corrected chi connectivity index (χ1v) is 6.50. The van der Waals surface area contributed by atoms with Gasteiger partial charge in [0.15, 0.2) is 0 Å². The van der Waals surface area contributed by atoms with Crippen LogP contribution in [0.25, 0.3) is 0 Å². The largest absolute Gasteiger partial charge is 0.389 e. The van der Waals surface area contributed by atoms with Crippen LogP contribution in [0.15, 0.2) is 22.7 Å². The van der Waals surface area contributed by atoms with Gasteiger partial charge in [0.2, 0.25) is 0 Å². The Labute approximate surface area is 109 Å². The van der Waals surface area contributed by atoms with Gasteiger partial charge in [0.05, 0.1) is 10.6 Å². The van der Waals surface area contributed by atoms with Crippen LogP contribution >= 0.6 is 27.5 Å². The normalized spacial score (nSPS) is 19.7. The summed E-state index contributed by atoms with van der Waals surface area (Å²) in [6, 6.07) is 5.78. The molecule has 4 heteroatoms. The van der Waals surface area contributed by atoms with E-state index < -0.39 is 5.60 Å². The van der Waals surface area contributed by atoms with Crippen molar-refractivity contribution in [2.75, 3.05) is 13.2 Å². The van der Waals surface area contributed by atoms with Crippen molar-refractivity contribution in [3.63, 3.8) is 0 Å². The number of ether oxygens (including phenoxy) is 1. The molecule has 0 amide bonds. The summed E-state index contributed by atoms with van der Waals surface area (Å²) in [6.45, 7) is 1.29. The fraction of sp³-hybridized carbons (Fsp3) is 0.500. The molecule has 0 spiro atoms. The van der Waals surface area contributed by atoms with Crippen LogP contribution in [0.5, 0.6) is 0 Å². The second-order valence-electron chi connectivity index (χ2n) is 4.26. The van der Waals surface area contributed by atoms with Crippen LogP contribution in [0.3, 0.4) is 0 Å². The maximum absolute atomic E-state index is 10.4. The number of aliphatic hydroxyl groups is 1. The summed E-state index contributed by atoms with van der Waals surface area (Å²) in [6.07, 6.45) is 2.06. The second kappa shape index (κ2) is 5.05. The highest BCUT2D eigenvalue weighted by Gasteiger charge is 2.29. The van der Waals surface area contributed by atoms with Crippen LogP contribution in [0, 0.1) is 0 Å². The van der Waals surface area contributed by atoms with E-state index in [1.807, 2.05) is 18.2 Å². The Morgan fingerprint density at radius 2 is 2.06 bits per heavy atom. The minimum atomic E-state index is -0.620. The molecule has 2 nitrogen and oxygen atoms in total. The van der Waals surface area contributed by atoms with E-state index in [2.05, 4.69) is 15.9 Å². The third-order valence-corrected chi connectivity index (χ3v) is 4.15. The molecule has 1 N–H and O–H groups in total. The fourth-order valence-electron chi connectivity index (χ4n) is 1.96. The maximum atomic E-state index is 10.4. The molecule has 2 rings (SSSR count). The summed E-state index contributed by atoms with van der Waals surface area (Å²) < 4.78 is 6.13. The van der Waals surface area contributed by atoms with Gasteiger partial charge in [-0.25, -0.2) is 0 Å². The van der Waals surface area contributed by atoms with Crippen LogP contribution in [-0.2, 0) is 11.2 Å². The van der Waals surface area contributed by atoms with E-state index in [4.69, 9.17) is 16.3 Å². The second-order valence-corrected chi connectivity index (χ2v) is 5.52. The predicted octanol–water partition coefficient (Wildman–Crippen LogP) is 3.19. The first kappa shape index (κ1) is 12.4. The van der Waals surface area contributed by atoms with Gasteiger partial charge >= 0.3 is 0 Å². The summed E-state index contributed by atoms with van der Waals surface area (Å²) in [4.78, 5) is 0. The highest BCUT2D eigenvalue weighted by molar-refractivity contribution is 9.10. The van der Waals surface area contributed by atoms with Crippen LogP contribution in [-0.4, -0.2) is 23.9 Å². The zero-order valence-corrected chi connectivity index (χ0v) is 11.2. The minimum Gasteiger partial charge on any atom is -0.389 e.